The zero-order valence-corrected chi connectivity index (χ0v) is 13.9. The van der Waals surface area contributed by atoms with Crippen molar-refractivity contribution < 1.29 is 9.59 Å². The summed E-state index contributed by atoms with van der Waals surface area (Å²) in [7, 11) is 0. The third kappa shape index (κ3) is 3.73. The molecule has 0 radical (unpaired) electrons. The standard InChI is InChI=1S/C21H23NO2/c23-20-18-14-8-9-15-19(18)21(24)22(20)16-10-3-1-2-5-11-17-12-6-4-7-13-17/h4,6-9,12-15H,1-3,5,10-11,16H2. The molecule has 0 bridgehead atoms. The number of benzene rings is 2. The Morgan fingerprint density at radius 2 is 1.17 bits per heavy atom. The normalized spacial score (nSPS) is 13.4. The third-order valence-corrected chi connectivity index (χ3v) is 4.57. The number of imide groups is 1. The Labute approximate surface area is 143 Å². The molecule has 3 rings (SSSR count). The van der Waals surface area contributed by atoms with Crippen LogP contribution in [0.5, 0.6) is 0 Å². The molecule has 1 heterocycles. The molecule has 0 unspecified atom stereocenters. The van der Waals surface area contributed by atoms with Gasteiger partial charge in [0.2, 0.25) is 0 Å². The van der Waals surface area contributed by atoms with E-state index in [1.807, 2.05) is 6.07 Å². The number of amides is 2. The van der Waals surface area contributed by atoms with Crippen LogP contribution in [-0.4, -0.2) is 23.3 Å². The fraction of sp³-hybridized carbons (Fsp3) is 0.333. The van der Waals surface area contributed by atoms with Gasteiger partial charge in [-0.3, -0.25) is 14.5 Å². The highest BCUT2D eigenvalue weighted by molar-refractivity contribution is 6.21. The fourth-order valence-electron chi connectivity index (χ4n) is 3.22. The van der Waals surface area contributed by atoms with Gasteiger partial charge in [-0.15, -0.1) is 0 Å². The maximum atomic E-state index is 12.2. The highest BCUT2D eigenvalue weighted by atomic mass is 16.2. The van der Waals surface area contributed by atoms with Crippen molar-refractivity contribution in [1.82, 2.24) is 4.90 Å². The molecule has 1 aliphatic heterocycles. The monoisotopic (exact) mass is 321 g/mol. The van der Waals surface area contributed by atoms with E-state index in [1.54, 1.807) is 24.3 Å². The largest absolute Gasteiger partial charge is 0.274 e. The lowest BCUT2D eigenvalue weighted by Gasteiger charge is -2.13. The maximum absolute atomic E-state index is 12.2. The van der Waals surface area contributed by atoms with Gasteiger partial charge < -0.3 is 0 Å². The van der Waals surface area contributed by atoms with E-state index in [4.69, 9.17) is 0 Å². The summed E-state index contributed by atoms with van der Waals surface area (Å²) in [4.78, 5) is 25.9. The lowest BCUT2D eigenvalue weighted by Crippen LogP contribution is -2.30. The van der Waals surface area contributed by atoms with Gasteiger partial charge in [0, 0.05) is 6.54 Å². The van der Waals surface area contributed by atoms with E-state index in [0.717, 1.165) is 25.7 Å². The molecule has 2 amide bonds. The molecule has 2 aromatic rings. The van der Waals surface area contributed by atoms with Crippen molar-refractivity contribution in [2.45, 2.75) is 38.5 Å². The topological polar surface area (TPSA) is 37.4 Å². The van der Waals surface area contributed by atoms with Crippen molar-refractivity contribution in [2.75, 3.05) is 6.54 Å². The number of hydrogen-bond donors (Lipinski definition) is 0. The van der Waals surface area contributed by atoms with Gasteiger partial charge in [0.1, 0.15) is 0 Å². The lowest BCUT2D eigenvalue weighted by atomic mass is 10.1. The number of carbonyl (C=O) groups excluding carboxylic acids is 2. The molecule has 3 nitrogen and oxygen atoms in total. The summed E-state index contributed by atoms with van der Waals surface area (Å²) in [6.07, 6.45) is 6.60. The van der Waals surface area contributed by atoms with Gasteiger partial charge in [-0.05, 0) is 37.0 Å². The van der Waals surface area contributed by atoms with Crippen LogP contribution >= 0.6 is 0 Å². The molecule has 124 valence electrons. The molecule has 0 N–H and O–H groups in total. The molecular weight excluding hydrogens is 298 g/mol. The third-order valence-electron chi connectivity index (χ3n) is 4.57. The molecule has 0 atom stereocenters. The van der Waals surface area contributed by atoms with Crippen molar-refractivity contribution in [3.8, 4) is 0 Å². The van der Waals surface area contributed by atoms with E-state index in [0.29, 0.717) is 17.7 Å². The second kappa shape index (κ2) is 7.91. The van der Waals surface area contributed by atoms with Crippen LogP contribution < -0.4 is 0 Å². The van der Waals surface area contributed by atoms with Crippen molar-refractivity contribution in [3.05, 3.63) is 71.3 Å². The average Bonchev–Trinajstić information content (AvgIpc) is 2.87. The Balaban J connectivity index is 1.34. The van der Waals surface area contributed by atoms with Crippen molar-refractivity contribution in [3.63, 3.8) is 0 Å². The van der Waals surface area contributed by atoms with Gasteiger partial charge in [-0.1, -0.05) is 61.7 Å². The van der Waals surface area contributed by atoms with Gasteiger partial charge in [0.15, 0.2) is 0 Å². The Bertz CT molecular complexity index is 674. The van der Waals surface area contributed by atoms with Gasteiger partial charge in [0.25, 0.3) is 11.8 Å². The quantitative estimate of drug-likeness (QED) is 0.531. The molecule has 0 saturated heterocycles. The second-order valence-corrected chi connectivity index (χ2v) is 6.31. The first-order valence-electron chi connectivity index (χ1n) is 8.76. The van der Waals surface area contributed by atoms with Crippen LogP contribution in [-0.2, 0) is 6.42 Å². The minimum atomic E-state index is -0.139. The summed E-state index contributed by atoms with van der Waals surface area (Å²) in [5.74, 6) is -0.278. The molecule has 3 heteroatoms. The molecule has 0 aliphatic carbocycles. The van der Waals surface area contributed by atoms with E-state index >= 15 is 0 Å². The van der Waals surface area contributed by atoms with E-state index in [2.05, 4.69) is 24.3 Å². The van der Waals surface area contributed by atoms with Crippen LogP contribution in [0.1, 0.15) is 58.4 Å². The number of fused-ring (bicyclic) bond motifs is 1. The van der Waals surface area contributed by atoms with E-state index < -0.39 is 0 Å². The van der Waals surface area contributed by atoms with Gasteiger partial charge >= 0.3 is 0 Å². The second-order valence-electron chi connectivity index (χ2n) is 6.31. The summed E-state index contributed by atoms with van der Waals surface area (Å²) in [5.41, 5.74) is 2.49. The summed E-state index contributed by atoms with van der Waals surface area (Å²) < 4.78 is 0. The van der Waals surface area contributed by atoms with Crippen LogP contribution in [0.4, 0.5) is 0 Å². The van der Waals surface area contributed by atoms with Crippen LogP contribution in [0.25, 0.3) is 0 Å². The van der Waals surface area contributed by atoms with Crippen molar-refractivity contribution >= 4 is 11.8 Å². The predicted octanol–water partition coefficient (Wildman–Crippen LogP) is 4.48. The number of hydrogen-bond acceptors (Lipinski definition) is 2. The van der Waals surface area contributed by atoms with Crippen molar-refractivity contribution in [1.29, 1.82) is 0 Å². The Hall–Kier alpha value is -2.42. The van der Waals surface area contributed by atoms with E-state index in [1.165, 1.54) is 23.3 Å². The maximum Gasteiger partial charge on any atom is 0.261 e. The SMILES string of the molecule is O=C1c2ccccc2C(=O)N1CCCCCCCc1ccccc1. The average molecular weight is 321 g/mol. The fourth-order valence-corrected chi connectivity index (χ4v) is 3.22. The van der Waals surface area contributed by atoms with E-state index in [-0.39, 0.29) is 11.8 Å². The summed E-state index contributed by atoms with van der Waals surface area (Å²) >= 11 is 0. The van der Waals surface area contributed by atoms with Crippen LogP contribution in [0.3, 0.4) is 0 Å². The number of nitrogens with zero attached hydrogens (tertiary/aromatic N) is 1. The Kier molecular flexibility index (Phi) is 5.42. The smallest absolute Gasteiger partial charge is 0.261 e. The molecule has 24 heavy (non-hydrogen) atoms. The van der Waals surface area contributed by atoms with Gasteiger partial charge in [0.05, 0.1) is 11.1 Å². The van der Waals surface area contributed by atoms with Gasteiger partial charge in [-0.2, -0.15) is 0 Å². The molecule has 0 fully saturated rings. The zero-order chi connectivity index (χ0) is 16.8. The Morgan fingerprint density at radius 3 is 1.83 bits per heavy atom. The highest BCUT2D eigenvalue weighted by Crippen LogP contribution is 2.22. The number of carbonyl (C=O) groups is 2. The first kappa shape index (κ1) is 16.4. The van der Waals surface area contributed by atoms with Gasteiger partial charge in [-0.25, -0.2) is 0 Å². The minimum absolute atomic E-state index is 0.139. The zero-order valence-electron chi connectivity index (χ0n) is 13.9. The van der Waals surface area contributed by atoms with Crippen LogP contribution in [0.15, 0.2) is 54.6 Å². The first-order valence-corrected chi connectivity index (χ1v) is 8.76. The molecule has 2 aromatic carbocycles. The van der Waals surface area contributed by atoms with E-state index in [9.17, 15) is 9.59 Å². The predicted molar refractivity (Wildman–Crippen MR) is 95.0 cm³/mol. The number of aryl methyl sites for hydroxylation is 1. The molecular formula is C21H23NO2. The molecule has 1 aliphatic rings. The number of rotatable bonds is 8. The van der Waals surface area contributed by atoms with Crippen LogP contribution in [0.2, 0.25) is 0 Å². The highest BCUT2D eigenvalue weighted by Gasteiger charge is 2.34. The molecule has 0 saturated carbocycles. The Morgan fingerprint density at radius 1 is 0.625 bits per heavy atom. The number of unbranched alkanes of at least 4 members (excludes halogenated alkanes) is 4. The summed E-state index contributed by atoms with van der Waals surface area (Å²) in [5, 5.41) is 0. The minimum Gasteiger partial charge on any atom is -0.274 e. The molecule has 0 spiro atoms. The van der Waals surface area contributed by atoms with Crippen molar-refractivity contribution in [2.24, 2.45) is 0 Å². The molecule has 0 aromatic heterocycles. The summed E-state index contributed by atoms with van der Waals surface area (Å²) in [6, 6.07) is 17.6. The van der Waals surface area contributed by atoms with Crippen LogP contribution in [0, 0.1) is 0 Å². The lowest BCUT2D eigenvalue weighted by molar-refractivity contribution is 0.0651. The summed E-state index contributed by atoms with van der Waals surface area (Å²) in [6.45, 7) is 0.533. The first-order chi connectivity index (χ1) is 11.8.